The van der Waals surface area contributed by atoms with Gasteiger partial charge in [-0.1, -0.05) is 11.8 Å². The monoisotopic (exact) mass is 254 g/mol. The summed E-state index contributed by atoms with van der Waals surface area (Å²) < 4.78 is 4.88. The van der Waals surface area contributed by atoms with Gasteiger partial charge in [0.2, 0.25) is 0 Å². The predicted octanol–water partition coefficient (Wildman–Crippen LogP) is 2.15. The largest absolute Gasteiger partial charge is 0.472 e. The lowest BCUT2D eigenvalue weighted by atomic mass is 10.1. The normalized spacial score (nSPS) is 9.58. The molecule has 0 radical (unpaired) electrons. The molecular formula is C15H14N2O2. The molecule has 0 bridgehead atoms. The highest BCUT2D eigenvalue weighted by Gasteiger charge is 2.07. The lowest BCUT2D eigenvalue weighted by molar-refractivity contribution is 0.102. The summed E-state index contributed by atoms with van der Waals surface area (Å²) in [6, 6.07) is 7.25. The van der Waals surface area contributed by atoms with E-state index in [9.17, 15) is 4.79 Å². The Hall–Kier alpha value is -2.51. The van der Waals surface area contributed by atoms with Crippen LogP contribution in [0.25, 0.3) is 0 Å². The Balaban J connectivity index is 2.20. The van der Waals surface area contributed by atoms with Crippen molar-refractivity contribution in [3.05, 3.63) is 53.5 Å². The molecule has 1 heterocycles. The number of anilines is 1. The first kappa shape index (κ1) is 12.9. The second kappa shape index (κ2) is 5.89. The number of benzene rings is 1. The Morgan fingerprint density at radius 1 is 1.42 bits per heavy atom. The molecule has 4 nitrogen and oxygen atoms in total. The third-order valence-electron chi connectivity index (χ3n) is 2.45. The average molecular weight is 254 g/mol. The number of nitrogens with one attached hydrogen (secondary N) is 1. The topological polar surface area (TPSA) is 68.3 Å². The molecule has 0 fully saturated rings. The van der Waals surface area contributed by atoms with Crippen molar-refractivity contribution in [1.82, 2.24) is 0 Å². The van der Waals surface area contributed by atoms with Gasteiger partial charge in [-0.15, -0.1) is 0 Å². The third kappa shape index (κ3) is 3.47. The van der Waals surface area contributed by atoms with Crippen molar-refractivity contribution in [2.24, 2.45) is 5.73 Å². The number of hydrogen-bond acceptors (Lipinski definition) is 3. The molecule has 1 aromatic heterocycles. The number of amides is 1. The van der Waals surface area contributed by atoms with Crippen LogP contribution in [0.4, 0.5) is 5.69 Å². The summed E-state index contributed by atoms with van der Waals surface area (Å²) in [5, 5.41) is 2.80. The van der Waals surface area contributed by atoms with Gasteiger partial charge in [0.15, 0.2) is 0 Å². The number of carbonyl (C=O) groups is 1. The lowest BCUT2D eigenvalue weighted by Gasteiger charge is -2.05. The van der Waals surface area contributed by atoms with Crippen LogP contribution in [0.5, 0.6) is 0 Å². The van der Waals surface area contributed by atoms with Crippen molar-refractivity contribution < 1.29 is 9.21 Å². The van der Waals surface area contributed by atoms with E-state index in [1.807, 2.05) is 25.1 Å². The van der Waals surface area contributed by atoms with Gasteiger partial charge in [-0.3, -0.25) is 4.79 Å². The number of nitrogens with two attached hydrogens (primary N) is 1. The Labute approximate surface area is 111 Å². The molecule has 0 aliphatic rings. The molecule has 1 aromatic carbocycles. The van der Waals surface area contributed by atoms with E-state index in [-0.39, 0.29) is 5.91 Å². The molecule has 4 heteroatoms. The molecule has 3 N–H and O–H groups in total. The van der Waals surface area contributed by atoms with Gasteiger partial charge in [-0.05, 0) is 36.8 Å². The first-order valence-electron chi connectivity index (χ1n) is 5.83. The van der Waals surface area contributed by atoms with Gasteiger partial charge in [0, 0.05) is 11.3 Å². The quantitative estimate of drug-likeness (QED) is 0.807. The molecular weight excluding hydrogens is 240 g/mol. The molecule has 96 valence electrons. The molecule has 0 atom stereocenters. The molecule has 19 heavy (non-hydrogen) atoms. The number of aryl methyl sites for hydroxylation is 1. The number of furan rings is 1. The summed E-state index contributed by atoms with van der Waals surface area (Å²) in [6.07, 6.45) is 2.86. The van der Waals surface area contributed by atoms with Gasteiger partial charge in [0.05, 0.1) is 18.4 Å². The number of hydrogen-bond donors (Lipinski definition) is 2. The van der Waals surface area contributed by atoms with E-state index < -0.39 is 0 Å². The van der Waals surface area contributed by atoms with E-state index >= 15 is 0 Å². The van der Waals surface area contributed by atoms with Gasteiger partial charge < -0.3 is 15.5 Å². The smallest absolute Gasteiger partial charge is 0.258 e. The van der Waals surface area contributed by atoms with Gasteiger partial charge in [0.1, 0.15) is 6.26 Å². The van der Waals surface area contributed by atoms with Gasteiger partial charge in [0.25, 0.3) is 5.91 Å². The molecule has 2 rings (SSSR count). The Kier molecular flexibility index (Phi) is 4.01. The van der Waals surface area contributed by atoms with E-state index in [2.05, 4.69) is 17.2 Å². The minimum atomic E-state index is -0.211. The van der Waals surface area contributed by atoms with Crippen molar-refractivity contribution in [2.45, 2.75) is 6.92 Å². The molecule has 1 amide bonds. The van der Waals surface area contributed by atoms with E-state index in [1.165, 1.54) is 12.5 Å². The molecule has 0 unspecified atom stereocenters. The molecule has 0 aliphatic carbocycles. The summed E-state index contributed by atoms with van der Waals surface area (Å²) in [5.41, 5.74) is 8.37. The standard InChI is InChI=1S/C15H14N2O2/c1-11-7-12(3-2-5-16)9-14(8-11)17-15(18)13-4-6-19-10-13/h4,6-10H,5,16H2,1H3,(H,17,18). The van der Waals surface area contributed by atoms with Crippen LogP contribution in [-0.2, 0) is 0 Å². The van der Waals surface area contributed by atoms with Crippen molar-refractivity contribution in [1.29, 1.82) is 0 Å². The maximum absolute atomic E-state index is 11.9. The van der Waals surface area contributed by atoms with Crippen LogP contribution in [-0.4, -0.2) is 12.5 Å². The van der Waals surface area contributed by atoms with Crippen LogP contribution in [0.15, 0.2) is 41.2 Å². The van der Waals surface area contributed by atoms with Crippen LogP contribution < -0.4 is 11.1 Å². The second-order valence-electron chi connectivity index (χ2n) is 4.06. The van der Waals surface area contributed by atoms with Gasteiger partial charge >= 0.3 is 0 Å². The summed E-state index contributed by atoms with van der Waals surface area (Å²) in [7, 11) is 0. The van der Waals surface area contributed by atoms with Gasteiger partial charge in [-0.25, -0.2) is 0 Å². The zero-order valence-electron chi connectivity index (χ0n) is 10.6. The zero-order valence-corrected chi connectivity index (χ0v) is 10.6. The van der Waals surface area contributed by atoms with Crippen molar-refractivity contribution in [3.63, 3.8) is 0 Å². The highest BCUT2D eigenvalue weighted by atomic mass is 16.3. The Morgan fingerprint density at radius 2 is 2.26 bits per heavy atom. The summed E-state index contributed by atoms with van der Waals surface area (Å²) >= 11 is 0. The third-order valence-corrected chi connectivity index (χ3v) is 2.45. The lowest BCUT2D eigenvalue weighted by Crippen LogP contribution is -2.11. The van der Waals surface area contributed by atoms with E-state index in [0.29, 0.717) is 17.8 Å². The SMILES string of the molecule is Cc1cc(C#CCN)cc(NC(=O)c2ccoc2)c1. The average Bonchev–Trinajstić information content (AvgIpc) is 2.89. The molecule has 0 saturated heterocycles. The fourth-order valence-electron chi connectivity index (χ4n) is 1.68. The fourth-order valence-corrected chi connectivity index (χ4v) is 1.68. The van der Waals surface area contributed by atoms with Crippen LogP contribution in [0.1, 0.15) is 21.5 Å². The zero-order chi connectivity index (χ0) is 13.7. The van der Waals surface area contributed by atoms with Crippen LogP contribution in [0.3, 0.4) is 0 Å². The molecule has 0 spiro atoms. The Bertz CT molecular complexity index is 634. The second-order valence-corrected chi connectivity index (χ2v) is 4.06. The highest BCUT2D eigenvalue weighted by Crippen LogP contribution is 2.15. The summed E-state index contributed by atoms with van der Waals surface area (Å²) in [5.74, 6) is 5.53. The van der Waals surface area contributed by atoms with Crippen LogP contribution in [0.2, 0.25) is 0 Å². The predicted molar refractivity (Wildman–Crippen MR) is 73.8 cm³/mol. The minimum Gasteiger partial charge on any atom is -0.472 e. The van der Waals surface area contributed by atoms with Crippen LogP contribution in [0, 0.1) is 18.8 Å². The maximum atomic E-state index is 11.9. The first-order valence-corrected chi connectivity index (χ1v) is 5.83. The van der Waals surface area contributed by atoms with Crippen LogP contribution >= 0.6 is 0 Å². The highest BCUT2D eigenvalue weighted by molar-refractivity contribution is 6.04. The molecule has 0 saturated carbocycles. The summed E-state index contributed by atoms with van der Waals surface area (Å²) in [4.78, 5) is 11.9. The van der Waals surface area contributed by atoms with Crippen molar-refractivity contribution in [2.75, 3.05) is 11.9 Å². The summed E-state index contributed by atoms with van der Waals surface area (Å²) in [6.45, 7) is 2.26. The number of carbonyl (C=O) groups excluding carboxylic acids is 1. The fraction of sp³-hybridized carbons (Fsp3) is 0.133. The van der Waals surface area contributed by atoms with Crippen molar-refractivity contribution >= 4 is 11.6 Å². The molecule has 0 aliphatic heterocycles. The van der Waals surface area contributed by atoms with E-state index in [4.69, 9.17) is 10.2 Å². The van der Waals surface area contributed by atoms with Crippen molar-refractivity contribution in [3.8, 4) is 11.8 Å². The Morgan fingerprint density at radius 3 is 2.95 bits per heavy atom. The van der Waals surface area contributed by atoms with E-state index in [0.717, 1.165) is 11.1 Å². The maximum Gasteiger partial charge on any atom is 0.258 e. The van der Waals surface area contributed by atoms with E-state index in [1.54, 1.807) is 6.07 Å². The van der Waals surface area contributed by atoms with Gasteiger partial charge in [-0.2, -0.15) is 0 Å². The number of rotatable bonds is 2. The molecule has 2 aromatic rings. The minimum absolute atomic E-state index is 0.211. The first-order chi connectivity index (χ1) is 9.19.